The van der Waals surface area contributed by atoms with Crippen LogP contribution in [0.2, 0.25) is 0 Å². The van der Waals surface area contributed by atoms with E-state index in [9.17, 15) is 20.4 Å². The molecular weight excluding hydrogens is 400 g/mol. The smallest absolute Gasteiger partial charge is 0.117 e. The molecule has 7 atom stereocenters. The Kier molecular flexibility index (Phi) is 7.61. The van der Waals surface area contributed by atoms with Gasteiger partial charge in [0.2, 0.25) is 0 Å². The second kappa shape index (κ2) is 9.58. The highest BCUT2D eigenvalue weighted by Crippen LogP contribution is 2.59. The molecule has 3 aliphatic rings. The zero-order valence-electron chi connectivity index (χ0n) is 20.5. The average Bonchev–Trinajstić information content (AvgIpc) is 3.10. The molecule has 0 amide bonds. The van der Waals surface area contributed by atoms with E-state index in [2.05, 4.69) is 32.6 Å². The van der Waals surface area contributed by atoms with Crippen molar-refractivity contribution in [2.75, 3.05) is 6.61 Å². The fourth-order valence-electron chi connectivity index (χ4n) is 6.35. The summed E-state index contributed by atoms with van der Waals surface area (Å²) >= 11 is 0. The number of allylic oxidation sites excluding steroid dienone is 5. The Bertz CT molecular complexity index is 787. The van der Waals surface area contributed by atoms with E-state index >= 15 is 0 Å². The van der Waals surface area contributed by atoms with Gasteiger partial charge in [-0.1, -0.05) is 55.9 Å². The van der Waals surface area contributed by atoms with Crippen LogP contribution < -0.4 is 0 Å². The summed E-state index contributed by atoms with van der Waals surface area (Å²) in [4.78, 5) is 0. The van der Waals surface area contributed by atoms with Crippen molar-refractivity contribution in [2.24, 2.45) is 23.2 Å². The number of fused-ring (bicyclic) bond motifs is 1. The van der Waals surface area contributed by atoms with Crippen LogP contribution in [0.1, 0.15) is 79.1 Å². The van der Waals surface area contributed by atoms with E-state index in [-0.39, 0.29) is 17.4 Å². The lowest BCUT2D eigenvalue weighted by Crippen LogP contribution is -2.51. The lowest BCUT2D eigenvalue weighted by atomic mass is 9.61. The molecule has 0 aromatic carbocycles. The molecule has 3 aliphatic carbocycles. The summed E-state index contributed by atoms with van der Waals surface area (Å²) in [5.74, 6) is 1.36. The Labute approximate surface area is 194 Å². The van der Waals surface area contributed by atoms with Crippen molar-refractivity contribution in [2.45, 2.75) is 96.4 Å². The molecule has 4 nitrogen and oxygen atoms in total. The van der Waals surface area contributed by atoms with Crippen LogP contribution in [-0.2, 0) is 0 Å². The zero-order chi connectivity index (χ0) is 23.7. The fourth-order valence-corrected chi connectivity index (χ4v) is 6.35. The lowest BCUT2D eigenvalue weighted by molar-refractivity contribution is -0.126. The van der Waals surface area contributed by atoms with Crippen LogP contribution in [0, 0.1) is 23.2 Å². The van der Waals surface area contributed by atoms with Crippen molar-refractivity contribution in [1.29, 1.82) is 0 Å². The molecule has 0 spiro atoms. The predicted molar refractivity (Wildman–Crippen MR) is 130 cm³/mol. The molecule has 0 heterocycles. The topological polar surface area (TPSA) is 80.9 Å². The van der Waals surface area contributed by atoms with Gasteiger partial charge in [0.05, 0.1) is 12.7 Å². The number of hydrogen-bond donors (Lipinski definition) is 4. The van der Waals surface area contributed by atoms with Gasteiger partial charge in [-0.15, -0.1) is 0 Å². The molecule has 3 rings (SSSR count). The van der Waals surface area contributed by atoms with Gasteiger partial charge in [-0.2, -0.15) is 0 Å². The molecule has 2 unspecified atom stereocenters. The highest BCUT2D eigenvalue weighted by Gasteiger charge is 2.50. The minimum absolute atomic E-state index is 0.223. The van der Waals surface area contributed by atoms with Crippen LogP contribution >= 0.6 is 0 Å². The minimum Gasteiger partial charge on any atom is -0.393 e. The van der Waals surface area contributed by atoms with E-state index in [0.717, 1.165) is 25.7 Å². The summed E-state index contributed by atoms with van der Waals surface area (Å²) in [5, 5.41) is 40.5. The van der Waals surface area contributed by atoms with Crippen molar-refractivity contribution in [3.8, 4) is 0 Å². The zero-order valence-corrected chi connectivity index (χ0v) is 20.5. The first kappa shape index (κ1) is 25.4. The minimum atomic E-state index is -1.57. The Hall–Kier alpha value is -1.20. The third kappa shape index (κ3) is 4.99. The molecule has 0 radical (unpaired) electrons. The highest BCUT2D eigenvalue weighted by molar-refractivity contribution is 5.36. The number of aliphatic hydroxyl groups excluding tert-OH is 2. The van der Waals surface area contributed by atoms with E-state index in [4.69, 9.17) is 0 Å². The average molecular weight is 445 g/mol. The van der Waals surface area contributed by atoms with Gasteiger partial charge in [0.15, 0.2) is 0 Å². The second-order valence-electron chi connectivity index (χ2n) is 11.3. The van der Waals surface area contributed by atoms with Gasteiger partial charge in [-0.05, 0) is 94.0 Å². The van der Waals surface area contributed by atoms with Gasteiger partial charge >= 0.3 is 0 Å². The molecule has 0 saturated heterocycles. The van der Waals surface area contributed by atoms with Crippen molar-refractivity contribution >= 4 is 0 Å². The molecule has 32 heavy (non-hydrogen) atoms. The Balaban J connectivity index is 1.77. The molecular formula is C28H44O4. The van der Waals surface area contributed by atoms with Crippen molar-refractivity contribution < 1.29 is 20.4 Å². The second-order valence-corrected chi connectivity index (χ2v) is 11.3. The van der Waals surface area contributed by atoms with Crippen LogP contribution in [0.4, 0.5) is 0 Å². The maximum absolute atomic E-state index is 10.7. The summed E-state index contributed by atoms with van der Waals surface area (Å²) in [7, 11) is 0. The van der Waals surface area contributed by atoms with E-state index in [1.807, 2.05) is 6.08 Å². The van der Waals surface area contributed by atoms with Crippen LogP contribution in [0.3, 0.4) is 0 Å². The molecule has 0 aromatic heterocycles. The fraction of sp³-hybridized carbons (Fsp3) is 0.714. The normalized spacial score (nSPS) is 38.6. The van der Waals surface area contributed by atoms with E-state index in [1.165, 1.54) is 42.9 Å². The molecule has 3 saturated carbocycles. The Morgan fingerprint density at radius 1 is 1.16 bits per heavy atom. The summed E-state index contributed by atoms with van der Waals surface area (Å²) < 4.78 is 0. The van der Waals surface area contributed by atoms with E-state index < -0.39 is 17.8 Å². The first-order valence-corrected chi connectivity index (χ1v) is 12.4. The van der Waals surface area contributed by atoms with Crippen LogP contribution in [0.25, 0.3) is 0 Å². The van der Waals surface area contributed by atoms with Crippen LogP contribution in [0.5, 0.6) is 0 Å². The first-order chi connectivity index (χ1) is 14.9. The molecule has 0 aliphatic heterocycles. The lowest BCUT2D eigenvalue weighted by Gasteiger charge is -2.44. The number of rotatable bonds is 6. The summed E-state index contributed by atoms with van der Waals surface area (Å²) in [5.41, 5.74) is 1.07. The number of hydrogen-bond acceptors (Lipinski definition) is 4. The van der Waals surface area contributed by atoms with Gasteiger partial charge in [-0.3, -0.25) is 0 Å². The monoisotopic (exact) mass is 444 g/mol. The van der Waals surface area contributed by atoms with Crippen molar-refractivity contribution in [3.63, 3.8) is 0 Å². The summed E-state index contributed by atoms with van der Waals surface area (Å²) in [6, 6.07) is 0. The third-order valence-corrected chi connectivity index (χ3v) is 8.98. The van der Waals surface area contributed by atoms with E-state index in [1.54, 1.807) is 13.0 Å². The first-order valence-electron chi connectivity index (χ1n) is 12.4. The summed E-state index contributed by atoms with van der Waals surface area (Å²) in [6.07, 6.45) is 16.3. The molecule has 4 N–H and O–H groups in total. The maximum atomic E-state index is 10.7. The van der Waals surface area contributed by atoms with Gasteiger partial charge in [0, 0.05) is 0 Å². The SMILES string of the molecule is C=C1CC[C@H](O)C/C1=C/C=C1\CCC[C@@]2(C)C1CC[C@@H]2[C@H](C)/C=C/[C@@](C)(O)C(C)(O)CO. The molecule has 3 fully saturated rings. The third-order valence-electron chi connectivity index (χ3n) is 8.98. The van der Waals surface area contributed by atoms with Crippen LogP contribution in [-0.4, -0.2) is 44.3 Å². The Morgan fingerprint density at radius 2 is 1.88 bits per heavy atom. The van der Waals surface area contributed by atoms with Gasteiger partial charge in [-0.25, -0.2) is 0 Å². The maximum Gasteiger partial charge on any atom is 0.117 e. The summed E-state index contributed by atoms with van der Waals surface area (Å²) in [6.45, 7) is 11.4. The Morgan fingerprint density at radius 3 is 2.56 bits per heavy atom. The predicted octanol–water partition coefficient (Wildman–Crippen LogP) is 4.84. The molecule has 0 aromatic rings. The quantitative estimate of drug-likeness (QED) is 0.442. The van der Waals surface area contributed by atoms with Crippen molar-refractivity contribution in [3.05, 3.63) is 47.6 Å². The molecule has 0 bridgehead atoms. The van der Waals surface area contributed by atoms with Gasteiger partial charge in [0.1, 0.15) is 11.2 Å². The highest BCUT2D eigenvalue weighted by atomic mass is 16.4. The standard InChI is InChI=1S/C28H44O4/c1-19-8-11-23(30)17-22(19)10-9-21-7-6-15-26(3)24(12-13-25(21)26)20(2)14-16-27(4,31)28(5,32)18-29/h9-10,14,16,20,23-25,29-32H,1,6-8,11-13,15,17-18H2,2-5H3/b16-14+,21-9+,22-10-/t20-,23+,24-,25?,26-,27-,28?/m1/s1. The van der Waals surface area contributed by atoms with Crippen molar-refractivity contribution in [1.82, 2.24) is 0 Å². The van der Waals surface area contributed by atoms with E-state index in [0.29, 0.717) is 18.3 Å². The van der Waals surface area contributed by atoms with Gasteiger partial charge in [0.25, 0.3) is 0 Å². The molecule has 180 valence electrons. The van der Waals surface area contributed by atoms with Crippen LogP contribution in [0.15, 0.2) is 47.6 Å². The largest absolute Gasteiger partial charge is 0.393 e. The van der Waals surface area contributed by atoms with Gasteiger partial charge < -0.3 is 20.4 Å². The number of aliphatic hydroxyl groups is 4. The molecule has 4 heteroatoms.